The molecule has 1 aromatic rings. The molecular formula is C13H17ClN2O2S. The van der Waals surface area contributed by atoms with Gasteiger partial charge in [-0.3, -0.25) is 0 Å². The molecule has 2 rings (SSSR count). The van der Waals surface area contributed by atoms with Gasteiger partial charge in [-0.2, -0.15) is 8.42 Å². The molecule has 0 bridgehead atoms. The molecule has 1 heterocycles. The summed E-state index contributed by atoms with van der Waals surface area (Å²) in [7, 11) is -3.54. The highest BCUT2D eigenvalue weighted by Crippen LogP contribution is 2.27. The summed E-state index contributed by atoms with van der Waals surface area (Å²) in [5, 5.41) is 0. The molecule has 0 aliphatic carbocycles. The van der Waals surface area contributed by atoms with Crippen molar-refractivity contribution in [2.24, 2.45) is 4.40 Å². The fourth-order valence-corrected chi connectivity index (χ4v) is 3.52. The van der Waals surface area contributed by atoms with Crippen molar-refractivity contribution in [3.05, 3.63) is 29.8 Å². The lowest BCUT2D eigenvalue weighted by Crippen LogP contribution is -2.33. The van der Waals surface area contributed by atoms with Gasteiger partial charge in [0.15, 0.2) is 5.84 Å². The first-order valence-corrected chi connectivity index (χ1v) is 8.33. The summed E-state index contributed by atoms with van der Waals surface area (Å²) in [6, 6.07) is 6.94. The maximum absolute atomic E-state index is 12.0. The second-order valence-electron chi connectivity index (χ2n) is 4.42. The van der Waals surface area contributed by atoms with E-state index in [4.69, 9.17) is 11.6 Å². The smallest absolute Gasteiger partial charge is 0.285 e. The van der Waals surface area contributed by atoms with Crippen LogP contribution < -0.4 is 0 Å². The van der Waals surface area contributed by atoms with E-state index in [-0.39, 0.29) is 0 Å². The van der Waals surface area contributed by atoms with Crippen LogP contribution in [0.2, 0.25) is 0 Å². The van der Waals surface area contributed by atoms with Gasteiger partial charge in [0, 0.05) is 24.5 Å². The van der Waals surface area contributed by atoms with Crippen molar-refractivity contribution in [1.82, 2.24) is 4.90 Å². The summed E-state index contributed by atoms with van der Waals surface area (Å²) in [5.74, 6) is 0.981. The number of sulfonamides is 1. The second-order valence-corrected chi connectivity index (χ2v) is 6.37. The van der Waals surface area contributed by atoms with Crippen molar-refractivity contribution < 1.29 is 8.42 Å². The van der Waals surface area contributed by atoms with Gasteiger partial charge in [-0.1, -0.05) is 25.5 Å². The third kappa shape index (κ3) is 2.92. The number of hydrogen-bond donors (Lipinski definition) is 0. The highest BCUT2D eigenvalue weighted by molar-refractivity contribution is 7.90. The van der Waals surface area contributed by atoms with Gasteiger partial charge in [-0.25, -0.2) is 0 Å². The zero-order valence-corrected chi connectivity index (χ0v) is 12.4. The molecule has 0 aromatic heterocycles. The minimum atomic E-state index is -3.54. The number of nitrogens with zero attached hydrogens (tertiary/aromatic N) is 2. The Hall–Kier alpha value is -1.07. The Morgan fingerprint density at radius 2 is 2.00 bits per heavy atom. The van der Waals surface area contributed by atoms with E-state index in [0.29, 0.717) is 28.7 Å². The number of halogens is 1. The lowest BCUT2D eigenvalue weighted by Gasteiger charge is -2.23. The molecule has 104 valence electrons. The van der Waals surface area contributed by atoms with E-state index >= 15 is 0 Å². The Balaban J connectivity index is 2.38. The quantitative estimate of drug-likeness (QED) is 0.785. The Morgan fingerprint density at radius 1 is 1.26 bits per heavy atom. The van der Waals surface area contributed by atoms with Crippen molar-refractivity contribution in [2.75, 3.05) is 19.0 Å². The number of benzene rings is 1. The van der Waals surface area contributed by atoms with Gasteiger partial charge in [0.2, 0.25) is 0 Å². The second kappa shape index (κ2) is 5.92. The largest absolute Gasteiger partial charge is 0.354 e. The van der Waals surface area contributed by atoms with Crippen molar-refractivity contribution in [3.63, 3.8) is 0 Å². The lowest BCUT2D eigenvalue weighted by molar-refractivity contribution is 0.432. The van der Waals surface area contributed by atoms with Crippen LogP contribution in [0.4, 0.5) is 0 Å². The Bertz CT molecular complexity index is 584. The molecule has 0 saturated heterocycles. The number of amidine groups is 1. The topological polar surface area (TPSA) is 49.7 Å². The number of rotatable bonds is 5. The fourth-order valence-electron chi connectivity index (χ4n) is 2.09. The van der Waals surface area contributed by atoms with Crippen LogP contribution >= 0.6 is 11.6 Å². The van der Waals surface area contributed by atoms with E-state index in [0.717, 1.165) is 19.4 Å². The third-order valence-corrected chi connectivity index (χ3v) is 4.54. The maximum atomic E-state index is 12.0. The predicted octanol–water partition coefficient (Wildman–Crippen LogP) is 2.48. The molecule has 1 aliphatic heterocycles. The van der Waals surface area contributed by atoms with Crippen molar-refractivity contribution in [3.8, 4) is 0 Å². The fraction of sp³-hybridized carbons (Fsp3) is 0.462. The van der Waals surface area contributed by atoms with Crippen LogP contribution in [0, 0.1) is 0 Å². The van der Waals surface area contributed by atoms with E-state index in [1.165, 1.54) is 0 Å². The zero-order valence-electron chi connectivity index (χ0n) is 10.8. The molecule has 0 atom stereocenters. The SMILES string of the molecule is CCCCN(CCCl)C1=NS(=O)(=O)c2ccccc21. The molecule has 1 aromatic carbocycles. The van der Waals surface area contributed by atoms with Gasteiger partial charge >= 0.3 is 0 Å². The highest BCUT2D eigenvalue weighted by Gasteiger charge is 2.31. The summed E-state index contributed by atoms with van der Waals surface area (Å²) in [6.07, 6.45) is 2.03. The van der Waals surface area contributed by atoms with Gasteiger partial charge in [0.05, 0.1) is 0 Å². The Kier molecular flexibility index (Phi) is 4.47. The first-order valence-electron chi connectivity index (χ1n) is 6.35. The zero-order chi connectivity index (χ0) is 13.9. The molecule has 1 aliphatic rings. The van der Waals surface area contributed by atoms with Crippen LogP contribution in [0.5, 0.6) is 0 Å². The van der Waals surface area contributed by atoms with Crippen LogP contribution in [-0.4, -0.2) is 38.1 Å². The molecule has 0 saturated carbocycles. The summed E-state index contributed by atoms with van der Waals surface area (Å²) >= 11 is 5.81. The highest BCUT2D eigenvalue weighted by atomic mass is 35.5. The van der Waals surface area contributed by atoms with E-state index in [1.54, 1.807) is 18.2 Å². The minimum absolute atomic E-state index is 0.293. The minimum Gasteiger partial charge on any atom is -0.354 e. The average Bonchev–Trinajstić information content (AvgIpc) is 2.67. The van der Waals surface area contributed by atoms with Gasteiger partial charge < -0.3 is 4.90 Å². The van der Waals surface area contributed by atoms with Crippen LogP contribution in [0.15, 0.2) is 33.6 Å². The summed E-state index contributed by atoms with van der Waals surface area (Å²) in [5.41, 5.74) is 0.684. The molecule has 6 heteroatoms. The molecule has 0 radical (unpaired) electrons. The molecule has 0 spiro atoms. The van der Waals surface area contributed by atoms with E-state index < -0.39 is 10.0 Å². The molecular weight excluding hydrogens is 284 g/mol. The molecule has 0 N–H and O–H groups in total. The molecule has 0 amide bonds. The van der Waals surface area contributed by atoms with Gasteiger partial charge in [0.25, 0.3) is 10.0 Å². The maximum Gasteiger partial charge on any atom is 0.285 e. The van der Waals surface area contributed by atoms with Crippen molar-refractivity contribution in [2.45, 2.75) is 24.7 Å². The normalized spacial score (nSPS) is 16.0. The Labute approximate surface area is 119 Å². The molecule has 0 fully saturated rings. The summed E-state index contributed by atoms with van der Waals surface area (Å²) in [6.45, 7) is 3.47. The molecule has 19 heavy (non-hydrogen) atoms. The van der Waals surface area contributed by atoms with E-state index in [9.17, 15) is 8.42 Å². The number of fused-ring (bicyclic) bond motifs is 1. The number of alkyl halides is 1. The summed E-state index contributed by atoms with van der Waals surface area (Å²) < 4.78 is 27.9. The van der Waals surface area contributed by atoms with E-state index in [2.05, 4.69) is 11.3 Å². The first kappa shape index (κ1) is 14.3. The van der Waals surface area contributed by atoms with Crippen molar-refractivity contribution in [1.29, 1.82) is 0 Å². The average molecular weight is 301 g/mol. The lowest BCUT2D eigenvalue weighted by atomic mass is 10.2. The summed E-state index contributed by atoms with van der Waals surface area (Å²) in [4.78, 5) is 2.25. The first-order chi connectivity index (χ1) is 9.10. The molecule has 0 unspecified atom stereocenters. The van der Waals surface area contributed by atoms with Gasteiger partial charge in [0.1, 0.15) is 4.90 Å². The standard InChI is InChI=1S/C13H17ClN2O2S/c1-2-3-9-16(10-8-14)13-11-6-4-5-7-12(11)19(17,18)15-13/h4-7H,2-3,8-10H2,1H3. The Morgan fingerprint density at radius 3 is 2.68 bits per heavy atom. The van der Waals surface area contributed by atoms with Gasteiger partial charge in [-0.15, -0.1) is 16.0 Å². The predicted molar refractivity (Wildman–Crippen MR) is 77.4 cm³/mol. The van der Waals surface area contributed by atoms with E-state index in [1.807, 2.05) is 11.0 Å². The van der Waals surface area contributed by atoms with Crippen LogP contribution in [0.1, 0.15) is 25.3 Å². The van der Waals surface area contributed by atoms with Crippen LogP contribution in [-0.2, 0) is 10.0 Å². The van der Waals surface area contributed by atoms with Crippen LogP contribution in [0.25, 0.3) is 0 Å². The number of unbranched alkanes of at least 4 members (excludes halogenated alkanes) is 1. The monoisotopic (exact) mass is 300 g/mol. The van der Waals surface area contributed by atoms with Gasteiger partial charge in [-0.05, 0) is 18.6 Å². The molecule has 4 nitrogen and oxygen atoms in total. The number of hydrogen-bond acceptors (Lipinski definition) is 3. The third-order valence-electron chi connectivity index (χ3n) is 3.05. The van der Waals surface area contributed by atoms with Crippen molar-refractivity contribution >= 4 is 27.5 Å². The van der Waals surface area contributed by atoms with Crippen LogP contribution in [0.3, 0.4) is 0 Å².